The standard InChI is InChI=1S/2C15H25NO4.C7H12/c2*1-4-16-15(18)20-10-13-7-5-12(6-8-13)9-19-14(17)11(2)3;1-2-7-4-3-6(1)5-7/h2*12-13H,2,4-10H2,1,3H3,(H,16,18);6-7H,1-5H2. The van der Waals surface area contributed by atoms with Crippen molar-refractivity contribution in [2.24, 2.45) is 35.5 Å². The van der Waals surface area contributed by atoms with E-state index in [4.69, 9.17) is 18.9 Å². The van der Waals surface area contributed by atoms with Crippen molar-refractivity contribution in [3.8, 4) is 0 Å². The summed E-state index contributed by atoms with van der Waals surface area (Å²) in [4.78, 5) is 45.0. The van der Waals surface area contributed by atoms with Crippen LogP contribution in [0.4, 0.5) is 9.59 Å². The molecule has 0 aromatic heterocycles. The average Bonchev–Trinajstić information content (AvgIpc) is 3.73. The highest BCUT2D eigenvalue weighted by atomic mass is 16.6. The van der Waals surface area contributed by atoms with Crippen LogP contribution in [0.25, 0.3) is 0 Å². The Bertz CT molecular complexity index is 912. The summed E-state index contributed by atoms with van der Waals surface area (Å²) in [7, 11) is 0. The van der Waals surface area contributed by atoms with E-state index in [-0.39, 0.29) is 24.1 Å². The third-order valence-corrected chi connectivity index (χ3v) is 9.71. The highest BCUT2D eigenvalue weighted by molar-refractivity contribution is 5.87. The van der Waals surface area contributed by atoms with E-state index >= 15 is 0 Å². The molecule has 0 atom stereocenters. The van der Waals surface area contributed by atoms with Gasteiger partial charge in [0, 0.05) is 24.2 Å². The lowest BCUT2D eigenvalue weighted by Gasteiger charge is -2.27. The summed E-state index contributed by atoms with van der Waals surface area (Å²) in [6, 6.07) is 0. The van der Waals surface area contributed by atoms with Gasteiger partial charge in [0.15, 0.2) is 0 Å². The van der Waals surface area contributed by atoms with Crippen LogP contribution in [0.5, 0.6) is 0 Å². The lowest BCUT2D eigenvalue weighted by molar-refractivity contribution is -0.141. The SMILES string of the molecule is C1CC2CCC1C2.C=C(C)C(=O)OCC1CCC(COC(=O)NCC)CC1.C=C(C)C(=O)OCC1CCC(COC(=O)NCC)CC1. The van der Waals surface area contributed by atoms with Gasteiger partial charge in [-0.15, -0.1) is 0 Å². The van der Waals surface area contributed by atoms with Gasteiger partial charge in [0.2, 0.25) is 0 Å². The Morgan fingerprint density at radius 1 is 0.511 bits per heavy atom. The van der Waals surface area contributed by atoms with Crippen LogP contribution in [-0.2, 0) is 28.5 Å². The van der Waals surface area contributed by atoms with Gasteiger partial charge in [-0.25, -0.2) is 19.2 Å². The maximum Gasteiger partial charge on any atom is 0.407 e. The molecule has 2 bridgehead atoms. The van der Waals surface area contributed by atoms with Gasteiger partial charge >= 0.3 is 24.1 Å². The van der Waals surface area contributed by atoms with Crippen LogP contribution < -0.4 is 10.6 Å². The van der Waals surface area contributed by atoms with Gasteiger partial charge in [0.1, 0.15) is 0 Å². The zero-order valence-electron chi connectivity index (χ0n) is 29.6. The fraction of sp³-hybridized carbons (Fsp3) is 0.784. The number of alkyl carbamates (subject to hydrolysis) is 2. The van der Waals surface area contributed by atoms with Crippen LogP contribution in [0.1, 0.15) is 111 Å². The maximum absolute atomic E-state index is 11.3. The zero-order valence-corrected chi connectivity index (χ0v) is 29.6. The molecule has 0 aromatic rings. The molecule has 4 aliphatic carbocycles. The third kappa shape index (κ3) is 17.1. The molecule has 10 nitrogen and oxygen atoms in total. The monoisotopic (exact) mass is 662 g/mol. The Kier molecular flexibility index (Phi) is 19.2. The molecule has 0 spiro atoms. The predicted octanol–water partition coefficient (Wildman–Crippen LogP) is 7.51. The minimum absolute atomic E-state index is 0.313. The first-order valence-corrected chi connectivity index (χ1v) is 18.0. The minimum atomic E-state index is -0.343. The number of ether oxygens (including phenoxy) is 4. The summed E-state index contributed by atoms with van der Waals surface area (Å²) in [5.74, 6) is 3.39. The number of rotatable bonds is 12. The molecule has 0 aromatic carbocycles. The van der Waals surface area contributed by atoms with E-state index in [1.807, 2.05) is 13.8 Å². The lowest BCUT2D eigenvalue weighted by Crippen LogP contribution is -2.28. The zero-order chi connectivity index (χ0) is 34.6. The Hall–Kier alpha value is -3.04. The number of fused-ring (bicyclic) bond motifs is 2. The molecule has 0 heterocycles. The van der Waals surface area contributed by atoms with Gasteiger partial charge in [-0.1, -0.05) is 38.8 Å². The molecular weight excluding hydrogens is 600 g/mol. The number of hydrogen-bond donors (Lipinski definition) is 2. The van der Waals surface area contributed by atoms with E-state index in [0.29, 0.717) is 74.3 Å². The maximum atomic E-state index is 11.3. The van der Waals surface area contributed by atoms with E-state index < -0.39 is 0 Å². The van der Waals surface area contributed by atoms with Crippen molar-refractivity contribution >= 4 is 24.1 Å². The highest BCUT2D eigenvalue weighted by Gasteiger charge is 2.30. The molecule has 2 N–H and O–H groups in total. The van der Waals surface area contributed by atoms with Gasteiger partial charge in [-0.3, -0.25) is 0 Å². The van der Waals surface area contributed by atoms with E-state index in [9.17, 15) is 19.2 Å². The van der Waals surface area contributed by atoms with Crippen LogP contribution in [0, 0.1) is 35.5 Å². The van der Waals surface area contributed by atoms with Crippen LogP contribution >= 0.6 is 0 Å². The molecule has 4 fully saturated rings. The van der Waals surface area contributed by atoms with Crippen molar-refractivity contribution in [2.45, 2.75) is 111 Å². The van der Waals surface area contributed by atoms with Crippen molar-refractivity contribution in [1.29, 1.82) is 0 Å². The Balaban J connectivity index is 0.000000269. The first-order valence-electron chi connectivity index (χ1n) is 18.0. The van der Waals surface area contributed by atoms with Crippen LogP contribution in [0.2, 0.25) is 0 Å². The molecule has 4 rings (SSSR count). The molecule has 0 aliphatic heterocycles. The van der Waals surface area contributed by atoms with Gasteiger partial charge < -0.3 is 29.6 Å². The summed E-state index contributed by atoms with van der Waals surface area (Å²) in [5, 5.41) is 5.22. The molecule has 0 radical (unpaired) electrons. The molecular formula is C37H62N2O8. The molecule has 4 saturated carbocycles. The van der Waals surface area contributed by atoms with Crippen molar-refractivity contribution in [3.05, 3.63) is 24.3 Å². The van der Waals surface area contributed by atoms with Gasteiger partial charge in [0.05, 0.1) is 26.4 Å². The van der Waals surface area contributed by atoms with Crippen LogP contribution in [0.15, 0.2) is 24.3 Å². The topological polar surface area (TPSA) is 129 Å². The largest absolute Gasteiger partial charge is 0.462 e. The van der Waals surface area contributed by atoms with Gasteiger partial charge in [-0.05, 0) is 121 Å². The summed E-state index contributed by atoms with van der Waals surface area (Å²) in [6.07, 6.45) is 15.2. The highest BCUT2D eigenvalue weighted by Crippen LogP contribution is 2.43. The molecule has 4 aliphatic rings. The van der Waals surface area contributed by atoms with Crippen LogP contribution in [0.3, 0.4) is 0 Å². The average molecular weight is 663 g/mol. The first kappa shape index (κ1) is 40.1. The van der Waals surface area contributed by atoms with E-state index in [1.54, 1.807) is 46.0 Å². The van der Waals surface area contributed by atoms with E-state index in [0.717, 1.165) is 51.4 Å². The number of nitrogens with one attached hydrogen (secondary N) is 2. The third-order valence-electron chi connectivity index (χ3n) is 9.71. The quantitative estimate of drug-likeness (QED) is 0.125. The van der Waals surface area contributed by atoms with Gasteiger partial charge in [-0.2, -0.15) is 0 Å². The number of amides is 2. The second kappa shape index (κ2) is 22.5. The summed E-state index contributed by atoms with van der Waals surface area (Å²) >= 11 is 0. The number of carbonyl (C=O) groups is 4. The second-order valence-electron chi connectivity index (χ2n) is 13.9. The van der Waals surface area contributed by atoms with Crippen molar-refractivity contribution in [1.82, 2.24) is 10.6 Å². The van der Waals surface area contributed by atoms with E-state index in [1.165, 1.54) is 11.8 Å². The van der Waals surface area contributed by atoms with Crippen molar-refractivity contribution in [3.63, 3.8) is 0 Å². The van der Waals surface area contributed by atoms with Gasteiger partial charge in [0.25, 0.3) is 0 Å². The molecule has 268 valence electrons. The number of hydrogen-bond acceptors (Lipinski definition) is 8. The summed E-state index contributed by atoms with van der Waals surface area (Å²) < 4.78 is 20.6. The van der Waals surface area contributed by atoms with Crippen molar-refractivity contribution in [2.75, 3.05) is 39.5 Å². The fourth-order valence-corrected chi connectivity index (χ4v) is 6.72. The van der Waals surface area contributed by atoms with E-state index in [2.05, 4.69) is 23.8 Å². The predicted molar refractivity (Wildman–Crippen MR) is 183 cm³/mol. The summed E-state index contributed by atoms with van der Waals surface area (Å²) in [5.41, 5.74) is 0.878. The molecule has 0 saturated heterocycles. The van der Waals surface area contributed by atoms with Crippen LogP contribution in [-0.4, -0.2) is 63.6 Å². The van der Waals surface area contributed by atoms with Crippen molar-refractivity contribution < 1.29 is 38.1 Å². The second-order valence-corrected chi connectivity index (χ2v) is 13.9. The normalized spacial score (nSPS) is 25.8. The molecule has 10 heteroatoms. The Morgan fingerprint density at radius 2 is 0.787 bits per heavy atom. The lowest BCUT2D eigenvalue weighted by atomic mass is 9.83. The fourth-order valence-electron chi connectivity index (χ4n) is 6.72. The number of carbonyl (C=O) groups excluding carboxylic acids is 4. The molecule has 0 unspecified atom stereocenters. The molecule has 2 amide bonds. The summed E-state index contributed by atoms with van der Waals surface area (Å²) in [6.45, 7) is 17.2. The Morgan fingerprint density at radius 3 is 1.00 bits per heavy atom. The molecule has 47 heavy (non-hydrogen) atoms. The smallest absolute Gasteiger partial charge is 0.407 e. The minimum Gasteiger partial charge on any atom is -0.462 e. The Labute approximate surface area is 283 Å². The number of esters is 2. The first-order chi connectivity index (χ1) is 22.5.